The van der Waals surface area contributed by atoms with Gasteiger partial charge in [0.2, 0.25) is 11.8 Å². The number of thiophene rings is 1. The molecule has 94 valence electrons. The molecule has 3 heterocycles. The Hall–Kier alpha value is -1.69. The van der Waals surface area contributed by atoms with Crippen molar-refractivity contribution >= 4 is 17.2 Å². The first-order valence-corrected chi connectivity index (χ1v) is 6.70. The predicted molar refractivity (Wildman–Crippen MR) is 66.4 cm³/mol. The highest BCUT2D eigenvalue weighted by Crippen LogP contribution is 2.26. The third kappa shape index (κ3) is 2.15. The van der Waals surface area contributed by atoms with E-state index in [0.717, 1.165) is 4.88 Å². The Bertz CT molecular complexity index is 543. The molecule has 0 aromatic carbocycles. The van der Waals surface area contributed by atoms with Crippen LogP contribution in [-0.4, -0.2) is 34.0 Å². The van der Waals surface area contributed by atoms with Crippen LogP contribution in [-0.2, 0) is 11.2 Å². The maximum Gasteiger partial charge on any atom is 0.233 e. The molecule has 1 amide bonds. The number of likely N-dealkylation sites (tertiary alicyclic amines) is 1. The van der Waals surface area contributed by atoms with Crippen molar-refractivity contribution in [3.8, 4) is 0 Å². The smallest absolute Gasteiger partial charge is 0.233 e. The van der Waals surface area contributed by atoms with Crippen LogP contribution in [0.1, 0.15) is 22.5 Å². The minimum Gasteiger partial charge on any atom is -0.341 e. The molecule has 0 aliphatic carbocycles. The molecule has 0 spiro atoms. The summed E-state index contributed by atoms with van der Waals surface area (Å²) in [6.07, 6.45) is 0.493. The fourth-order valence-corrected chi connectivity index (χ4v) is 2.69. The van der Waals surface area contributed by atoms with Crippen molar-refractivity contribution in [2.75, 3.05) is 13.1 Å². The second-order valence-corrected chi connectivity index (χ2v) is 5.46. The third-order valence-corrected chi connectivity index (χ3v) is 3.91. The van der Waals surface area contributed by atoms with Gasteiger partial charge in [-0.3, -0.25) is 4.79 Å². The zero-order chi connectivity index (χ0) is 12.5. The lowest BCUT2D eigenvalue weighted by molar-refractivity contribution is -0.135. The molecule has 2 aromatic rings. The summed E-state index contributed by atoms with van der Waals surface area (Å²) in [5.74, 6) is 1.67. The predicted octanol–water partition coefficient (Wildman–Crippen LogP) is 1.61. The molecule has 5 nitrogen and oxygen atoms in total. The van der Waals surface area contributed by atoms with E-state index in [1.165, 1.54) is 0 Å². The van der Waals surface area contributed by atoms with Crippen LogP contribution in [0.15, 0.2) is 22.0 Å². The topological polar surface area (TPSA) is 59.2 Å². The Morgan fingerprint density at radius 2 is 2.44 bits per heavy atom. The van der Waals surface area contributed by atoms with Crippen molar-refractivity contribution in [2.45, 2.75) is 19.3 Å². The van der Waals surface area contributed by atoms with Crippen LogP contribution < -0.4 is 0 Å². The summed E-state index contributed by atoms with van der Waals surface area (Å²) >= 11 is 1.62. The van der Waals surface area contributed by atoms with Crippen molar-refractivity contribution in [1.29, 1.82) is 0 Å². The molecule has 0 bridgehead atoms. The van der Waals surface area contributed by atoms with Gasteiger partial charge in [0.15, 0.2) is 5.82 Å². The van der Waals surface area contributed by atoms with E-state index in [1.807, 2.05) is 22.4 Å². The lowest BCUT2D eigenvalue weighted by Gasteiger charge is -2.37. The fourth-order valence-electron chi connectivity index (χ4n) is 1.99. The van der Waals surface area contributed by atoms with E-state index in [-0.39, 0.29) is 11.8 Å². The molecule has 1 aliphatic rings. The van der Waals surface area contributed by atoms with Gasteiger partial charge in [-0.15, -0.1) is 11.3 Å². The van der Waals surface area contributed by atoms with E-state index in [2.05, 4.69) is 10.1 Å². The molecule has 0 atom stereocenters. The molecule has 0 radical (unpaired) electrons. The molecule has 0 unspecified atom stereocenters. The molecule has 0 saturated carbocycles. The lowest BCUT2D eigenvalue weighted by atomic mass is 9.99. The minimum atomic E-state index is 0.171. The number of hydrogen-bond acceptors (Lipinski definition) is 5. The van der Waals surface area contributed by atoms with Gasteiger partial charge >= 0.3 is 0 Å². The Morgan fingerprint density at radius 1 is 1.61 bits per heavy atom. The van der Waals surface area contributed by atoms with Crippen LogP contribution in [0.4, 0.5) is 0 Å². The van der Waals surface area contributed by atoms with E-state index >= 15 is 0 Å². The summed E-state index contributed by atoms with van der Waals surface area (Å²) in [6, 6.07) is 3.95. The summed E-state index contributed by atoms with van der Waals surface area (Å²) in [6.45, 7) is 3.17. The van der Waals surface area contributed by atoms with Crippen LogP contribution >= 0.6 is 11.3 Å². The first-order chi connectivity index (χ1) is 8.72. The van der Waals surface area contributed by atoms with Crippen molar-refractivity contribution in [2.24, 2.45) is 0 Å². The number of aromatic nitrogens is 2. The maximum atomic E-state index is 11.9. The quantitative estimate of drug-likeness (QED) is 0.844. The Labute approximate surface area is 108 Å². The van der Waals surface area contributed by atoms with E-state index < -0.39 is 0 Å². The highest BCUT2D eigenvalue weighted by molar-refractivity contribution is 7.10. The van der Waals surface area contributed by atoms with Gasteiger partial charge in [-0.1, -0.05) is 11.2 Å². The Kier molecular flexibility index (Phi) is 2.87. The van der Waals surface area contributed by atoms with Crippen molar-refractivity contribution < 1.29 is 9.32 Å². The molecule has 1 aliphatic heterocycles. The first kappa shape index (κ1) is 11.4. The van der Waals surface area contributed by atoms with Crippen molar-refractivity contribution in [3.63, 3.8) is 0 Å². The highest BCUT2D eigenvalue weighted by atomic mass is 32.1. The lowest BCUT2D eigenvalue weighted by Crippen LogP contribution is -2.49. The second-order valence-electron chi connectivity index (χ2n) is 4.43. The van der Waals surface area contributed by atoms with E-state index in [1.54, 1.807) is 18.3 Å². The normalized spacial score (nSPS) is 15.7. The third-order valence-electron chi connectivity index (χ3n) is 3.03. The number of amides is 1. The first-order valence-electron chi connectivity index (χ1n) is 5.83. The van der Waals surface area contributed by atoms with E-state index in [9.17, 15) is 4.79 Å². The van der Waals surface area contributed by atoms with Crippen LogP contribution in [0.5, 0.6) is 0 Å². The van der Waals surface area contributed by atoms with E-state index in [0.29, 0.717) is 31.2 Å². The number of rotatable bonds is 3. The summed E-state index contributed by atoms with van der Waals surface area (Å²) in [5.41, 5.74) is 0. The van der Waals surface area contributed by atoms with Gasteiger partial charge in [-0.05, 0) is 18.4 Å². The summed E-state index contributed by atoms with van der Waals surface area (Å²) in [5, 5.41) is 5.75. The Balaban J connectivity index is 1.54. The molecule has 0 N–H and O–H groups in total. The summed E-state index contributed by atoms with van der Waals surface area (Å²) < 4.78 is 5.11. The average molecular weight is 263 g/mol. The van der Waals surface area contributed by atoms with Crippen LogP contribution in [0, 0.1) is 6.92 Å². The Morgan fingerprint density at radius 3 is 3.06 bits per heavy atom. The van der Waals surface area contributed by atoms with Crippen LogP contribution in [0.3, 0.4) is 0 Å². The SMILES string of the molecule is Cc1noc(C2CN(C(=O)Cc3cccs3)C2)n1. The largest absolute Gasteiger partial charge is 0.341 e. The van der Waals surface area contributed by atoms with Gasteiger partial charge in [-0.25, -0.2) is 0 Å². The summed E-state index contributed by atoms with van der Waals surface area (Å²) in [4.78, 5) is 19.1. The van der Waals surface area contributed by atoms with E-state index in [4.69, 9.17) is 4.52 Å². The monoisotopic (exact) mass is 263 g/mol. The van der Waals surface area contributed by atoms with Gasteiger partial charge in [0.05, 0.1) is 12.3 Å². The number of nitrogens with zero attached hydrogens (tertiary/aromatic N) is 3. The second kappa shape index (κ2) is 4.53. The number of carbonyl (C=O) groups is 1. The average Bonchev–Trinajstić information content (AvgIpc) is 2.88. The molecular formula is C12H13N3O2S. The molecule has 18 heavy (non-hydrogen) atoms. The zero-order valence-electron chi connectivity index (χ0n) is 10.00. The van der Waals surface area contributed by atoms with Crippen LogP contribution in [0.2, 0.25) is 0 Å². The summed E-state index contributed by atoms with van der Waals surface area (Å²) in [7, 11) is 0. The zero-order valence-corrected chi connectivity index (χ0v) is 10.8. The van der Waals surface area contributed by atoms with Crippen molar-refractivity contribution in [1.82, 2.24) is 15.0 Å². The van der Waals surface area contributed by atoms with Gasteiger partial charge in [-0.2, -0.15) is 4.98 Å². The van der Waals surface area contributed by atoms with Crippen molar-refractivity contribution in [3.05, 3.63) is 34.1 Å². The number of hydrogen-bond donors (Lipinski definition) is 0. The van der Waals surface area contributed by atoms with Gasteiger partial charge in [0, 0.05) is 18.0 Å². The molecule has 3 rings (SSSR count). The minimum absolute atomic E-state index is 0.171. The molecule has 1 saturated heterocycles. The molecule has 1 fully saturated rings. The van der Waals surface area contributed by atoms with Gasteiger partial charge in [0.1, 0.15) is 0 Å². The fraction of sp³-hybridized carbons (Fsp3) is 0.417. The number of aryl methyl sites for hydroxylation is 1. The number of carbonyl (C=O) groups excluding carboxylic acids is 1. The highest BCUT2D eigenvalue weighted by Gasteiger charge is 2.35. The maximum absolute atomic E-state index is 11.9. The molecule has 6 heteroatoms. The van der Waals surface area contributed by atoms with Gasteiger partial charge < -0.3 is 9.42 Å². The van der Waals surface area contributed by atoms with Crippen LogP contribution in [0.25, 0.3) is 0 Å². The van der Waals surface area contributed by atoms with Gasteiger partial charge in [0.25, 0.3) is 0 Å². The standard InChI is InChI=1S/C12H13N3O2S/c1-8-13-12(17-14-8)9-6-15(7-9)11(16)5-10-3-2-4-18-10/h2-4,9H,5-7H2,1H3. The molecular weight excluding hydrogens is 250 g/mol. The molecule has 2 aromatic heterocycles.